The number of ether oxygens (including phenoxy) is 1. The van der Waals surface area contributed by atoms with Crippen LogP contribution in [0.15, 0.2) is 0 Å². The van der Waals surface area contributed by atoms with Gasteiger partial charge in [0.05, 0.1) is 6.42 Å². The van der Waals surface area contributed by atoms with E-state index in [2.05, 4.69) is 4.74 Å². The topological polar surface area (TPSA) is 121 Å². The van der Waals surface area contributed by atoms with Crippen molar-refractivity contribution in [2.45, 2.75) is 39.4 Å². The van der Waals surface area contributed by atoms with Crippen LogP contribution in [0.4, 0.5) is 0 Å². The van der Waals surface area contributed by atoms with Crippen molar-refractivity contribution in [3.63, 3.8) is 0 Å². The lowest BCUT2D eigenvalue weighted by molar-refractivity contribution is -0.176. The monoisotopic (exact) mass is 248 g/mol. The second-order valence-corrected chi connectivity index (χ2v) is 4.76. The molecule has 7 heteroatoms. The van der Waals surface area contributed by atoms with Crippen LogP contribution in [-0.2, 0) is 19.1 Å². The van der Waals surface area contributed by atoms with Crippen molar-refractivity contribution < 1.29 is 34.4 Å². The van der Waals surface area contributed by atoms with Gasteiger partial charge in [0.15, 0.2) is 12.2 Å². The first-order chi connectivity index (χ1) is 7.54. The molecule has 0 aromatic carbocycles. The third-order valence-electron chi connectivity index (χ3n) is 1.68. The van der Waals surface area contributed by atoms with Gasteiger partial charge in [-0.05, 0) is 5.41 Å². The molecule has 0 spiro atoms. The van der Waals surface area contributed by atoms with Crippen molar-refractivity contribution in [1.82, 2.24) is 0 Å². The predicted octanol–water partition coefficient (Wildman–Crippen LogP) is -0.701. The van der Waals surface area contributed by atoms with Gasteiger partial charge in [-0.15, -0.1) is 0 Å². The lowest BCUT2D eigenvalue weighted by Gasteiger charge is -2.17. The first kappa shape index (κ1) is 15.5. The van der Waals surface area contributed by atoms with Gasteiger partial charge in [-0.1, -0.05) is 20.8 Å². The summed E-state index contributed by atoms with van der Waals surface area (Å²) in [5.74, 6) is -4.15. The van der Waals surface area contributed by atoms with Gasteiger partial charge < -0.3 is 20.1 Å². The molecule has 0 amide bonds. The smallest absolute Gasteiger partial charge is 0.346 e. The van der Waals surface area contributed by atoms with Crippen LogP contribution in [-0.4, -0.2) is 45.4 Å². The zero-order valence-electron chi connectivity index (χ0n) is 9.84. The van der Waals surface area contributed by atoms with Crippen LogP contribution in [0.5, 0.6) is 0 Å². The molecule has 0 radical (unpaired) electrons. The van der Waals surface area contributed by atoms with Crippen molar-refractivity contribution in [2.75, 3.05) is 0 Å². The summed E-state index contributed by atoms with van der Waals surface area (Å²) in [6, 6.07) is 0. The summed E-state index contributed by atoms with van der Waals surface area (Å²) in [5, 5.41) is 26.2. The normalized spacial score (nSPS) is 14.9. The maximum Gasteiger partial charge on any atom is 0.346 e. The number of rotatable bonds is 4. The Balaban J connectivity index is 4.36. The molecule has 0 fully saturated rings. The number of aliphatic hydroxyl groups is 2. The van der Waals surface area contributed by atoms with E-state index in [0.717, 1.165) is 0 Å². The molecule has 17 heavy (non-hydrogen) atoms. The Hall–Kier alpha value is -1.47. The summed E-state index contributed by atoms with van der Waals surface area (Å²) in [6.45, 7) is 5.21. The number of esters is 2. The number of carbonyl (C=O) groups excluding carboxylic acids is 2. The number of hydrogen-bond donors (Lipinski definition) is 3. The molecule has 3 N–H and O–H groups in total. The van der Waals surface area contributed by atoms with E-state index in [0.29, 0.717) is 0 Å². The molecule has 0 saturated carbocycles. The van der Waals surface area contributed by atoms with Gasteiger partial charge in [0.25, 0.3) is 0 Å². The van der Waals surface area contributed by atoms with Crippen LogP contribution in [0.1, 0.15) is 27.2 Å². The van der Waals surface area contributed by atoms with Crippen LogP contribution in [0.3, 0.4) is 0 Å². The molecule has 0 aromatic rings. The minimum absolute atomic E-state index is 0.0748. The van der Waals surface area contributed by atoms with Gasteiger partial charge in [0.2, 0.25) is 0 Å². The fraction of sp³-hybridized carbons (Fsp3) is 0.700. The molecule has 0 aromatic heterocycles. The number of aliphatic carboxylic acids is 1. The molecular weight excluding hydrogens is 232 g/mol. The Morgan fingerprint density at radius 3 is 1.94 bits per heavy atom. The SMILES string of the molecule is CC(C)(C)CC(=O)OC(=O)C(O)C(O)C(=O)O. The molecule has 2 unspecified atom stereocenters. The number of carbonyl (C=O) groups is 3. The van der Waals surface area contributed by atoms with E-state index < -0.39 is 35.5 Å². The van der Waals surface area contributed by atoms with Crippen LogP contribution in [0.2, 0.25) is 0 Å². The fourth-order valence-electron chi connectivity index (χ4n) is 0.906. The van der Waals surface area contributed by atoms with Gasteiger partial charge in [-0.2, -0.15) is 0 Å². The molecule has 0 aliphatic carbocycles. The van der Waals surface area contributed by atoms with E-state index in [4.69, 9.17) is 15.3 Å². The third kappa shape index (κ3) is 5.98. The molecule has 7 nitrogen and oxygen atoms in total. The highest BCUT2D eigenvalue weighted by Crippen LogP contribution is 2.19. The lowest BCUT2D eigenvalue weighted by atomic mass is 9.92. The Bertz CT molecular complexity index is 315. The zero-order chi connectivity index (χ0) is 13.8. The van der Waals surface area contributed by atoms with Crippen LogP contribution in [0.25, 0.3) is 0 Å². The van der Waals surface area contributed by atoms with Crippen LogP contribution >= 0.6 is 0 Å². The van der Waals surface area contributed by atoms with Gasteiger partial charge in [-0.25, -0.2) is 9.59 Å². The fourth-order valence-corrected chi connectivity index (χ4v) is 0.906. The number of carboxylic acid groups (broad SMARTS) is 1. The molecule has 0 rings (SSSR count). The van der Waals surface area contributed by atoms with Crippen molar-refractivity contribution >= 4 is 17.9 Å². The molecule has 0 saturated heterocycles. The Morgan fingerprint density at radius 2 is 1.59 bits per heavy atom. The summed E-state index contributed by atoms with van der Waals surface area (Å²) in [7, 11) is 0. The van der Waals surface area contributed by atoms with Crippen molar-refractivity contribution in [2.24, 2.45) is 5.41 Å². The highest BCUT2D eigenvalue weighted by molar-refractivity contribution is 5.91. The minimum Gasteiger partial charge on any atom is -0.479 e. The average Bonchev–Trinajstić information content (AvgIpc) is 2.11. The molecule has 0 aliphatic heterocycles. The summed E-state index contributed by atoms with van der Waals surface area (Å²) in [5.41, 5.74) is -0.409. The minimum atomic E-state index is -2.31. The van der Waals surface area contributed by atoms with Crippen molar-refractivity contribution in [1.29, 1.82) is 0 Å². The van der Waals surface area contributed by atoms with Gasteiger partial charge >= 0.3 is 17.9 Å². The molecule has 98 valence electrons. The first-order valence-corrected chi connectivity index (χ1v) is 4.88. The third-order valence-corrected chi connectivity index (χ3v) is 1.68. The highest BCUT2D eigenvalue weighted by atomic mass is 16.6. The van der Waals surface area contributed by atoms with Gasteiger partial charge in [0, 0.05) is 0 Å². The van der Waals surface area contributed by atoms with E-state index in [-0.39, 0.29) is 6.42 Å². The quantitative estimate of drug-likeness (QED) is 0.444. The summed E-state index contributed by atoms with van der Waals surface area (Å²) < 4.78 is 4.21. The molecule has 0 bridgehead atoms. The van der Waals surface area contributed by atoms with Crippen molar-refractivity contribution in [3.05, 3.63) is 0 Å². The van der Waals surface area contributed by atoms with E-state index in [1.807, 2.05) is 0 Å². The highest BCUT2D eigenvalue weighted by Gasteiger charge is 2.33. The Morgan fingerprint density at radius 1 is 1.12 bits per heavy atom. The number of carboxylic acids is 1. The Kier molecular flexibility index (Phi) is 5.24. The predicted molar refractivity (Wildman–Crippen MR) is 54.8 cm³/mol. The maximum absolute atomic E-state index is 11.2. The second-order valence-electron chi connectivity index (χ2n) is 4.76. The Labute approximate surface area is 98.0 Å². The van der Waals surface area contributed by atoms with E-state index >= 15 is 0 Å². The second kappa shape index (κ2) is 5.74. The standard InChI is InChI=1S/C10H16O7/c1-10(2,3)4-5(11)17-9(16)7(13)6(12)8(14)15/h6-7,12-13H,4H2,1-3H3,(H,14,15). The van der Waals surface area contributed by atoms with Crippen molar-refractivity contribution in [3.8, 4) is 0 Å². The number of aliphatic hydroxyl groups excluding tert-OH is 2. The molecule has 2 atom stereocenters. The molecule has 0 aliphatic rings. The largest absolute Gasteiger partial charge is 0.479 e. The summed E-state index contributed by atoms with van der Waals surface area (Å²) >= 11 is 0. The lowest BCUT2D eigenvalue weighted by Crippen LogP contribution is -2.41. The zero-order valence-corrected chi connectivity index (χ0v) is 9.84. The summed E-state index contributed by atoms with van der Waals surface area (Å²) in [6.07, 6.45) is -4.67. The van der Waals surface area contributed by atoms with Gasteiger partial charge in [-0.3, -0.25) is 4.79 Å². The van der Waals surface area contributed by atoms with Crippen LogP contribution < -0.4 is 0 Å². The molecule has 0 heterocycles. The van der Waals surface area contributed by atoms with E-state index in [1.165, 1.54) is 0 Å². The van der Waals surface area contributed by atoms with E-state index in [1.54, 1.807) is 20.8 Å². The van der Waals surface area contributed by atoms with E-state index in [9.17, 15) is 14.4 Å². The maximum atomic E-state index is 11.2. The first-order valence-electron chi connectivity index (χ1n) is 4.88. The van der Waals surface area contributed by atoms with Gasteiger partial charge in [0.1, 0.15) is 0 Å². The average molecular weight is 248 g/mol. The van der Waals surface area contributed by atoms with Crippen LogP contribution in [0, 0.1) is 5.41 Å². The summed E-state index contributed by atoms with van der Waals surface area (Å²) in [4.78, 5) is 32.5. The molecular formula is C10H16O7. The number of hydrogen-bond acceptors (Lipinski definition) is 6.